The third-order valence-corrected chi connectivity index (χ3v) is 1.23. The fraction of sp³-hybridized carbons (Fsp3) is 0.143. The van der Waals surface area contributed by atoms with Gasteiger partial charge in [-0.25, -0.2) is 0 Å². The maximum Gasteiger partial charge on any atom is 0.309 e. The maximum atomic E-state index is 10.6. The highest BCUT2D eigenvalue weighted by Crippen LogP contribution is 1.97. The van der Waals surface area contributed by atoms with E-state index >= 15 is 0 Å². The fourth-order valence-electron chi connectivity index (χ4n) is 0.668. The molecule has 1 rings (SSSR count). The zero-order chi connectivity index (χ0) is 8.97. The lowest BCUT2D eigenvalue weighted by atomic mass is 10.4. The molecule has 1 aromatic heterocycles. The van der Waals surface area contributed by atoms with Crippen molar-refractivity contribution in [2.24, 2.45) is 5.73 Å². The van der Waals surface area contributed by atoms with Crippen molar-refractivity contribution in [2.75, 3.05) is 0 Å². The van der Waals surface area contributed by atoms with Gasteiger partial charge in [-0.15, -0.1) is 0 Å². The smallest absolute Gasteiger partial charge is 0.309 e. The molecule has 64 valence electrons. The SMILES string of the molecule is NC(=O)C(=O)NCc1ccco1. The van der Waals surface area contributed by atoms with E-state index in [2.05, 4.69) is 5.32 Å². The van der Waals surface area contributed by atoms with E-state index in [1.165, 1.54) is 6.26 Å². The average molecular weight is 168 g/mol. The topological polar surface area (TPSA) is 85.3 Å². The molecule has 0 spiro atoms. The Hall–Kier alpha value is -1.78. The zero-order valence-electron chi connectivity index (χ0n) is 6.24. The van der Waals surface area contributed by atoms with Crippen LogP contribution in [0.3, 0.4) is 0 Å². The quantitative estimate of drug-likeness (QED) is 0.577. The van der Waals surface area contributed by atoms with E-state index in [1.54, 1.807) is 12.1 Å². The number of hydrogen-bond acceptors (Lipinski definition) is 3. The third kappa shape index (κ3) is 2.12. The van der Waals surface area contributed by atoms with Gasteiger partial charge in [0.1, 0.15) is 5.76 Å². The van der Waals surface area contributed by atoms with E-state index in [0.29, 0.717) is 5.76 Å². The minimum absolute atomic E-state index is 0.175. The molecule has 3 N–H and O–H groups in total. The van der Waals surface area contributed by atoms with Gasteiger partial charge < -0.3 is 15.5 Å². The highest BCUT2D eigenvalue weighted by atomic mass is 16.3. The molecule has 0 atom stereocenters. The minimum Gasteiger partial charge on any atom is -0.467 e. The summed E-state index contributed by atoms with van der Waals surface area (Å²) in [7, 11) is 0. The molecule has 2 amide bonds. The molecule has 1 aromatic rings. The van der Waals surface area contributed by atoms with Crippen LogP contribution in [0.15, 0.2) is 22.8 Å². The van der Waals surface area contributed by atoms with Crippen molar-refractivity contribution in [3.63, 3.8) is 0 Å². The summed E-state index contributed by atoms with van der Waals surface area (Å²) < 4.78 is 4.90. The molecule has 5 nitrogen and oxygen atoms in total. The Morgan fingerprint density at radius 2 is 2.33 bits per heavy atom. The highest BCUT2D eigenvalue weighted by Gasteiger charge is 2.07. The van der Waals surface area contributed by atoms with Gasteiger partial charge >= 0.3 is 11.8 Å². The van der Waals surface area contributed by atoms with Crippen molar-refractivity contribution in [1.82, 2.24) is 5.32 Å². The van der Waals surface area contributed by atoms with Crippen molar-refractivity contribution in [1.29, 1.82) is 0 Å². The largest absolute Gasteiger partial charge is 0.467 e. The monoisotopic (exact) mass is 168 g/mol. The van der Waals surface area contributed by atoms with E-state index in [1.807, 2.05) is 0 Å². The second-order valence-electron chi connectivity index (χ2n) is 2.13. The first-order valence-corrected chi connectivity index (χ1v) is 3.30. The van der Waals surface area contributed by atoms with Gasteiger partial charge in [0.15, 0.2) is 0 Å². The third-order valence-electron chi connectivity index (χ3n) is 1.23. The lowest BCUT2D eigenvalue weighted by molar-refractivity contribution is -0.137. The summed E-state index contributed by atoms with van der Waals surface area (Å²) in [6.07, 6.45) is 1.48. The van der Waals surface area contributed by atoms with E-state index < -0.39 is 11.8 Å². The molecule has 0 bridgehead atoms. The Morgan fingerprint density at radius 3 is 2.83 bits per heavy atom. The van der Waals surface area contributed by atoms with Crippen LogP contribution in [0.5, 0.6) is 0 Å². The molecular weight excluding hydrogens is 160 g/mol. The Kier molecular flexibility index (Phi) is 2.47. The average Bonchev–Trinajstić information content (AvgIpc) is 2.51. The van der Waals surface area contributed by atoms with Crippen molar-refractivity contribution in [3.8, 4) is 0 Å². The molecule has 0 radical (unpaired) electrons. The van der Waals surface area contributed by atoms with Crippen LogP contribution in [-0.2, 0) is 16.1 Å². The summed E-state index contributed by atoms with van der Waals surface area (Å²) in [5.74, 6) is -1.24. The first-order chi connectivity index (χ1) is 5.70. The molecule has 0 aliphatic heterocycles. The van der Waals surface area contributed by atoms with Gasteiger partial charge in [0.25, 0.3) is 0 Å². The van der Waals surface area contributed by atoms with E-state index in [9.17, 15) is 9.59 Å². The number of nitrogens with one attached hydrogen (secondary N) is 1. The van der Waals surface area contributed by atoms with Crippen LogP contribution >= 0.6 is 0 Å². The molecule has 0 aliphatic carbocycles. The number of carbonyl (C=O) groups excluding carboxylic acids is 2. The van der Waals surface area contributed by atoms with E-state index in [0.717, 1.165) is 0 Å². The van der Waals surface area contributed by atoms with Crippen LogP contribution in [0.4, 0.5) is 0 Å². The van der Waals surface area contributed by atoms with Crippen molar-refractivity contribution in [3.05, 3.63) is 24.2 Å². The van der Waals surface area contributed by atoms with Crippen LogP contribution in [0.25, 0.3) is 0 Å². The van der Waals surface area contributed by atoms with Gasteiger partial charge in [0.2, 0.25) is 0 Å². The van der Waals surface area contributed by atoms with Gasteiger partial charge in [-0.3, -0.25) is 9.59 Å². The predicted octanol–water partition coefficient (Wildman–Crippen LogP) is -0.619. The van der Waals surface area contributed by atoms with Crippen molar-refractivity contribution >= 4 is 11.8 Å². The number of hydrogen-bond donors (Lipinski definition) is 2. The van der Waals surface area contributed by atoms with Gasteiger partial charge in [0.05, 0.1) is 12.8 Å². The molecular formula is C7H8N2O3. The number of rotatable bonds is 2. The molecule has 0 aromatic carbocycles. The molecule has 12 heavy (non-hydrogen) atoms. The normalized spacial score (nSPS) is 9.33. The summed E-state index contributed by atoms with van der Waals surface area (Å²) in [6.45, 7) is 0.175. The lowest BCUT2D eigenvalue weighted by Crippen LogP contribution is -2.35. The van der Waals surface area contributed by atoms with Gasteiger partial charge in [-0.05, 0) is 12.1 Å². The summed E-state index contributed by atoms with van der Waals surface area (Å²) >= 11 is 0. The number of nitrogens with two attached hydrogens (primary N) is 1. The molecule has 0 aliphatic rings. The van der Waals surface area contributed by atoms with Gasteiger partial charge in [-0.2, -0.15) is 0 Å². The van der Waals surface area contributed by atoms with Gasteiger partial charge in [-0.1, -0.05) is 0 Å². The van der Waals surface area contributed by atoms with Crippen LogP contribution in [0.1, 0.15) is 5.76 Å². The highest BCUT2D eigenvalue weighted by molar-refractivity contribution is 6.34. The predicted molar refractivity (Wildman–Crippen MR) is 39.7 cm³/mol. The Bertz CT molecular complexity index is 279. The van der Waals surface area contributed by atoms with Crippen LogP contribution < -0.4 is 11.1 Å². The lowest BCUT2D eigenvalue weighted by Gasteiger charge is -1.97. The number of amides is 2. The molecule has 0 fully saturated rings. The van der Waals surface area contributed by atoms with Crippen LogP contribution in [0, 0.1) is 0 Å². The van der Waals surface area contributed by atoms with Crippen LogP contribution in [-0.4, -0.2) is 11.8 Å². The van der Waals surface area contributed by atoms with E-state index in [-0.39, 0.29) is 6.54 Å². The molecule has 5 heteroatoms. The Balaban J connectivity index is 2.37. The number of furan rings is 1. The van der Waals surface area contributed by atoms with Crippen molar-refractivity contribution in [2.45, 2.75) is 6.54 Å². The standard InChI is InChI=1S/C7H8N2O3/c8-6(10)7(11)9-4-5-2-1-3-12-5/h1-3H,4H2,(H2,8,10)(H,9,11). The molecule has 1 heterocycles. The summed E-state index contributed by atoms with van der Waals surface area (Å²) in [4.78, 5) is 20.8. The molecule has 0 saturated carbocycles. The fourth-order valence-corrected chi connectivity index (χ4v) is 0.668. The van der Waals surface area contributed by atoms with E-state index in [4.69, 9.17) is 10.2 Å². The summed E-state index contributed by atoms with van der Waals surface area (Å²) in [5.41, 5.74) is 4.69. The van der Waals surface area contributed by atoms with Gasteiger partial charge in [0, 0.05) is 0 Å². The summed E-state index contributed by atoms with van der Waals surface area (Å²) in [6, 6.07) is 3.37. The first-order valence-electron chi connectivity index (χ1n) is 3.30. The van der Waals surface area contributed by atoms with Crippen molar-refractivity contribution < 1.29 is 14.0 Å². The number of carbonyl (C=O) groups is 2. The maximum absolute atomic E-state index is 10.6. The minimum atomic E-state index is -0.999. The Morgan fingerprint density at radius 1 is 1.58 bits per heavy atom. The summed E-state index contributed by atoms with van der Waals surface area (Å²) in [5, 5.41) is 2.28. The first kappa shape index (κ1) is 8.32. The van der Waals surface area contributed by atoms with Crippen LogP contribution in [0.2, 0.25) is 0 Å². The zero-order valence-corrected chi connectivity index (χ0v) is 6.24. The second kappa shape index (κ2) is 3.56. The number of primary amides is 1. The second-order valence-corrected chi connectivity index (χ2v) is 2.13. The molecule has 0 saturated heterocycles. The molecule has 0 unspecified atom stereocenters. The Labute approximate surface area is 68.5 Å².